The Morgan fingerprint density at radius 3 is 2.71 bits per heavy atom. The van der Waals surface area contributed by atoms with Crippen molar-refractivity contribution in [2.45, 2.75) is 58.1 Å². The monoisotopic (exact) mass is 243 g/mol. The van der Waals surface area contributed by atoms with Crippen LogP contribution in [0.3, 0.4) is 0 Å². The highest BCUT2D eigenvalue weighted by Gasteiger charge is 2.32. The summed E-state index contributed by atoms with van der Waals surface area (Å²) in [7, 11) is 0. The summed E-state index contributed by atoms with van der Waals surface area (Å²) in [4.78, 5) is 11.6. The van der Waals surface area contributed by atoms with E-state index in [0.717, 1.165) is 18.9 Å². The van der Waals surface area contributed by atoms with E-state index in [0.29, 0.717) is 13.0 Å². The first-order valence-electron chi connectivity index (χ1n) is 6.53. The lowest BCUT2D eigenvalue weighted by molar-refractivity contribution is -0.150. The maximum atomic E-state index is 11.6. The summed E-state index contributed by atoms with van der Waals surface area (Å²) < 4.78 is 10.6. The van der Waals surface area contributed by atoms with Crippen molar-refractivity contribution in [1.82, 2.24) is 0 Å². The first-order chi connectivity index (χ1) is 7.95. The fourth-order valence-electron chi connectivity index (χ4n) is 1.88. The van der Waals surface area contributed by atoms with Crippen molar-refractivity contribution in [2.75, 3.05) is 13.2 Å². The number of carbonyl (C=O) groups excluding carboxylic acids is 1. The minimum absolute atomic E-state index is 0.00634. The Bertz CT molecular complexity index is 249. The molecule has 1 rings (SSSR count). The Hall–Kier alpha value is -0.610. The van der Waals surface area contributed by atoms with Crippen molar-refractivity contribution in [3.63, 3.8) is 0 Å². The van der Waals surface area contributed by atoms with Gasteiger partial charge in [0.25, 0.3) is 0 Å². The van der Waals surface area contributed by atoms with E-state index < -0.39 is 5.54 Å². The van der Waals surface area contributed by atoms with Gasteiger partial charge in [0, 0.05) is 13.0 Å². The van der Waals surface area contributed by atoms with E-state index in [2.05, 4.69) is 0 Å². The smallest absolute Gasteiger partial charge is 0.325 e. The molecule has 0 aromatic rings. The van der Waals surface area contributed by atoms with Gasteiger partial charge in [0.1, 0.15) is 5.54 Å². The van der Waals surface area contributed by atoms with Gasteiger partial charge in [-0.05, 0) is 33.1 Å². The van der Waals surface area contributed by atoms with Gasteiger partial charge in [-0.1, -0.05) is 12.8 Å². The molecule has 0 amide bonds. The Labute approximate surface area is 104 Å². The molecular formula is C13H25NO3. The van der Waals surface area contributed by atoms with Gasteiger partial charge in [0.05, 0.1) is 12.7 Å². The largest absolute Gasteiger partial charge is 0.465 e. The molecule has 0 spiro atoms. The van der Waals surface area contributed by atoms with Crippen molar-refractivity contribution in [3.05, 3.63) is 0 Å². The number of ether oxygens (including phenoxy) is 2. The van der Waals surface area contributed by atoms with Gasteiger partial charge >= 0.3 is 5.97 Å². The first-order valence-corrected chi connectivity index (χ1v) is 6.53. The van der Waals surface area contributed by atoms with Gasteiger partial charge in [-0.2, -0.15) is 0 Å². The van der Waals surface area contributed by atoms with Crippen LogP contribution in [0, 0.1) is 5.92 Å². The predicted molar refractivity (Wildman–Crippen MR) is 66.6 cm³/mol. The zero-order chi connectivity index (χ0) is 12.9. The molecule has 1 aliphatic rings. The quantitative estimate of drug-likeness (QED) is 0.661. The van der Waals surface area contributed by atoms with E-state index in [1.165, 1.54) is 12.8 Å². The lowest BCUT2D eigenvalue weighted by Gasteiger charge is -2.25. The zero-order valence-electron chi connectivity index (χ0n) is 11.2. The fourth-order valence-corrected chi connectivity index (χ4v) is 1.88. The summed E-state index contributed by atoms with van der Waals surface area (Å²) >= 11 is 0. The lowest BCUT2D eigenvalue weighted by Crippen LogP contribution is -2.48. The number of esters is 1. The molecule has 1 fully saturated rings. The third-order valence-electron chi connectivity index (χ3n) is 3.08. The second kappa shape index (κ2) is 6.36. The van der Waals surface area contributed by atoms with E-state index in [1.54, 1.807) is 13.8 Å². The highest BCUT2D eigenvalue weighted by Crippen LogP contribution is 2.32. The van der Waals surface area contributed by atoms with Crippen LogP contribution in [0.1, 0.15) is 46.5 Å². The van der Waals surface area contributed by atoms with Gasteiger partial charge in [0.2, 0.25) is 0 Å². The molecule has 4 heteroatoms. The molecule has 100 valence electrons. The summed E-state index contributed by atoms with van der Waals surface area (Å²) in [5.41, 5.74) is 4.99. The highest BCUT2D eigenvalue weighted by atomic mass is 16.5. The zero-order valence-corrected chi connectivity index (χ0v) is 11.2. The number of nitrogens with two attached hydrogens (primary N) is 1. The molecule has 2 unspecified atom stereocenters. The maximum Gasteiger partial charge on any atom is 0.325 e. The Kier molecular flexibility index (Phi) is 5.40. The molecule has 0 bridgehead atoms. The van der Waals surface area contributed by atoms with Crippen LogP contribution >= 0.6 is 0 Å². The molecule has 0 aromatic carbocycles. The standard InChI is InChI=1S/C13H25NO3/c1-4-16-12(15)13(3,14)9-10(2)17-8-7-11-5-6-11/h10-11H,4-9,14H2,1-3H3. The number of rotatable bonds is 8. The van der Waals surface area contributed by atoms with Gasteiger partial charge in [-0.25, -0.2) is 0 Å². The summed E-state index contributed by atoms with van der Waals surface area (Å²) in [6, 6.07) is 0. The van der Waals surface area contributed by atoms with Crippen LogP contribution in [0.5, 0.6) is 0 Å². The Morgan fingerprint density at radius 2 is 2.18 bits per heavy atom. The highest BCUT2D eigenvalue weighted by molar-refractivity contribution is 5.80. The van der Waals surface area contributed by atoms with E-state index in [-0.39, 0.29) is 12.1 Å². The van der Waals surface area contributed by atoms with Crippen LogP contribution in [-0.2, 0) is 14.3 Å². The lowest BCUT2D eigenvalue weighted by atomic mass is 9.96. The SMILES string of the molecule is CCOC(=O)C(C)(N)CC(C)OCCC1CC1. The molecule has 0 radical (unpaired) electrons. The van der Waals surface area contributed by atoms with Crippen LogP contribution in [0.15, 0.2) is 0 Å². The second-order valence-electron chi connectivity index (χ2n) is 5.26. The van der Waals surface area contributed by atoms with Crippen molar-refractivity contribution < 1.29 is 14.3 Å². The van der Waals surface area contributed by atoms with E-state index in [9.17, 15) is 4.79 Å². The van der Waals surface area contributed by atoms with Crippen LogP contribution in [0.4, 0.5) is 0 Å². The number of hydrogen-bond acceptors (Lipinski definition) is 4. The van der Waals surface area contributed by atoms with Crippen LogP contribution in [-0.4, -0.2) is 30.8 Å². The normalized spacial score (nSPS) is 20.7. The second-order valence-corrected chi connectivity index (χ2v) is 5.26. The van der Waals surface area contributed by atoms with Gasteiger partial charge < -0.3 is 15.2 Å². The maximum absolute atomic E-state index is 11.6. The number of carbonyl (C=O) groups is 1. The molecule has 4 nitrogen and oxygen atoms in total. The van der Waals surface area contributed by atoms with Crippen LogP contribution in [0.2, 0.25) is 0 Å². The van der Waals surface area contributed by atoms with Crippen molar-refractivity contribution in [1.29, 1.82) is 0 Å². The molecule has 0 aromatic heterocycles. The number of hydrogen-bond donors (Lipinski definition) is 1. The molecule has 0 aliphatic heterocycles. The minimum Gasteiger partial charge on any atom is -0.465 e. The van der Waals surface area contributed by atoms with Crippen molar-refractivity contribution >= 4 is 5.97 Å². The molecule has 1 aliphatic carbocycles. The molecule has 0 saturated heterocycles. The third kappa shape index (κ3) is 5.50. The Balaban J connectivity index is 2.21. The Morgan fingerprint density at radius 1 is 1.53 bits per heavy atom. The molecule has 2 atom stereocenters. The van der Waals surface area contributed by atoms with Crippen LogP contribution in [0.25, 0.3) is 0 Å². The summed E-state index contributed by atoms with van der Waals surface area (Å²) in [6.07, 6.45) is 4.31. The minimum atomic E-state index is -0.949. The van der Waals surface area contributed by atoms with Crippen molar-refractivity contribution in [3.8, 4) is 0 Å². The summed E-state index contributed by atoms with van der Waals surface area (Å²) in [6.45, 7) is 6.57. The van der Waals surface area contributed by atoms with E-state index >= 15 is 0 Å². The summed E-state index contributed by atoms with van der Waals surface area (Å²) in [5.74, 6) is 0.522. The van der Waals surface area contributed by atoms with Crippen LogP contribution < -0.4 is 5.73 Å². The van der Waals surface area contributed by atoms with Gasteiger partial charge in [-0.15, -0.1) is 0 Å². The summed E-state index contributed by atoms with van der Waals surface area (Å²) in [5, 5.41) is 0. The van der Waals surface area contributed by atoms with Crippen molar-refractivity contribution in [2.24, 2.45) is 11.7 Å². The van der Waals surface area contributed by atoms with E-state index in [1.807, 2.05) is 6.92 Å². The molecular weight excluding hydrogens is 218 g/mol. The topological polar surface area (TPSA) is 61.5 Å². The molecule has 1 saturated carbocycles. The molecule has 17 heavy (non-hydrogen) atoms. The third-order valence-corrected chi connectivity index (χ3v) is 3.08. The first kappa shape index (κ1) is 14.5. The predicted octanol–water partition coefficient (Wildman–Crippen LogP) is 1.86. The van der Waals surface area contributed by atoms with E-state index in [4.69, 9.17) is 15.2 Å². The fraction of sp³-hybridized carbons (Fsp3) is 0.923. The molecule has 0 heterocycles. The average molecular weight is 243 g/mol. The van der Waals surface area contributed by atoms with Gasteiger partial charge in [-0.3, -0.25) is 4.79 Å². The van der Waals surface area contributed by atoms with Gasteiger partial charge in [0.15, 0.2) is 0 Å². The average Bonchev–Trinajstić information content (AvgIpc) is 3.01. The molecule has 2 N–H and O–H groups in total.